The molecule has 0 saturated carbocycles. The van der Waals surface area contributed by atoms with Gasteiger partial charge in [-0.1, -0.05) is 39.7 Å². The molecule has 0 aliphatic carbocycles. The van der Waals surface area contributed by atoms with E-state index in [9.17, 15) is 9.90 Å². The lowest BCUT2D eigenvalue weighted by Crippen LogP contribution is -2.15. The van der Waals surface area contributed by atoms with Crippen LogP contribution in [0.4, 0.5) is 0 Å². The SMILES string of the molecule is O=C(O)C(CCOc1ccc(Br)cc1)c1cccc(Cl)c1. The number of hydrogen-bond donors (Lipinski definition) is 1. The van der Waals surface area contributed by atoms with Gasteiger partial charge in [-0.2, -0.15) is 0 Å². The maximum absolute atomic E-state index is 11.4. The first-order valence-corrected chi connectivity index (χ1v) is 7.60. The summed E-state index contributed by atoms with van der Waals surface area (Å²) in [4.78, 5) is 11.4. The van der Waals surface area contributed by atoms with Crippen molar-refractivity contribution >= 4 is 33.5 Å². The topological polar surface area (TPSA) is 46.5 Å². The number of halogens is 2. The Kier molecular flexibility index (Phi) is 5.65. The Hall–Kier alpha value is -1.52. The Bertz CT molecular complexity index is 613. The summed E-state index contributed by atoms with van der Waals surface area (Å²) in [6.07, 6.45) is 0.381. The molecule has 2 rings (SSSR count). The van der Waals surface area contributed by atoms with E-state index in [2.05, 4.69) is 15.9 Å². The molecule has 2 aromatic rings. The van der Waals surface area contributed by atoms with E-state index in [4.69, 9.17) is 16.3 Å². The van der Waals surface area contributed by atoms with Gasteiger partial charge in [-0.25, -0.2) is 0 Å². The molecule has 0 radical (unpaired) electrons. The lowest BCUT2D eigenvalue weighted by Gasteiger charge is -2.14. The van der Waals surface area contributed by atoms with Crippen LogP contribution in [0.2, 0.25) is 5.02 Å². The van der Waals surface area contributed by atoms with Crippen LogP contribution in [0.15, 0.2) is 53.0 Å². The maximum Gasteiger partial charge on any atom is 0.311 e. The van der Waals surface area contributed by atoms with Gasteiger partial charge in [0.2, 0.25) is 0 Å². The molecule has 21 heavy (non-hydrogen) atoms. The van der Waals surface area contributed by atoms with E-state index >= 15 is 0 Å². The summed E-state index contributed by atoms with van der Waals surface area (Å²) < 4.78 is 6.55. The van der Waals surface area contributed by atoms with Crippen LogP contribution in [-0.4, -0.2) is 17.7 Å². The molecule has 110 valence electrons. The summed E-state index contributed by atoms with van der Waals surface area (Å²) >= 11 is 9.26. The molecule has 5 heteroatoms. The largest absolute Gasteiger partial charge is 0.494 e. The van der Waals surface area contributed by atoms with Gasteiger partial charge in [0, 0.05) is 9.50 Å². The zero-order valence-corrected chi connectivity index (χ0v) is 13.5. The van der Waals surface area contributed by atoms with Crippen LogP contribution in [0.1, 0.15) is 17.9 Å². The zero-order valence-electron chi connectivity index (χ0n) is 11.1. The molecule has 0 aromatic heterocycles. The van der Waals surface area contributed by atoms with Crippen LogP contribution in [0.25, 0.3) is 0 Å². The first-order valence-electron chi connectivity index (χ1n) is 6.43. The molecule has 0 aliphatic rings. The second kappa shape index (κ2) is 7.48. The second-order valence-electron chi connectivity index (χ2n) is 4.54. The highest BCUT2D eigenvalue weighted by Gasteiger charge is 2.20. The van der Waals surface area contributed by atoms with Crippen LogP contribution in [0, 0.1) is 0 Å². The number of ether oxygens (including phenoxy) is 1. The average molecular weight is 370 g/mol. The monoisotopic (exact) mass is 368 g/mol. The molecular formula is C16H14BrClO3. The van der Waals surface area contributed by atoms with Crippen molar-refractivity contribution in [2.24, 2.45) is 0 Å². The van der Waals surface area contributed by atoms with Crippen molar-refractivity contribution in [3.05, 3.63) is 63.6 Å². The number of carboxylic acids is 1. The van der Waals surface area contributed by atoms with Crippen LogP contribution in [0.3, 0.4) is 0 Å². The first-order chi connectivity index (χ1) is 10.1. The minimum Gasteiger partial charge on any atom is -0.494 e. The summed E-state index contributed by atoms with van der Waals surface area (Å²) in [6, 6.07) is 14.3. The molecule has 0 heterocycles. The highest BCUT2D eigenvalue weighted by atomic mass is 79.9. The van der Waals surface area contributed by atoms with Crippen LogP contribution < -0.4 is 4.74 Å². The predicted molar refractivity (Wildman–Crippen MR) is 86.1 cm³/mol. The van der Waals surface area contributed by atoms with Crippen molar-refractivity contribution in [2.75, 3.05) is 6.61 Å². The van der Waals surface area contributed by atoms with Crippen molar-refractivity contribution < 1.29 is 14.6 Å². The summed E-state index contributed by atoms with van der Waals surface area (Å²) in [5, 5.41) is 9.88. The van der Waals surface area contributed by atoms with E-state index in [0.29, 0.717) is 29.4 Å². The highest BCUT2D eigenvalue weighted by molar-refractivity contribution is 9.10. The molecule has 0 bridgehead atoms. The Morgan fingerprint density at radius 1 is 1.24 bits per heavy atom. The Morgan fingerprint density at radius 2 is 1.95 bits per heavy atom. The first kappa shape index (κ1) is 15.9. The lowest BCUT2D eigenvalue weighted by atomic mass is 9.96. The van der Waals surface area contributed by atoms with Crippen molar-refractivity contribution in [2.45, 2.75) is 12.3 Å². The van der Waals surface area contributed by atoms with E-state index in [1.54, 1.807) is 24.3 Å². The molecule has 1 N–H and O–H groups in total. The van der Waals surface area contributed by atoms with Crippen molar-refractivity contribution in [3.63, 3.8) is 0 Å². The standard InChI is InChI=1S/C16H14BrClO3/c17-12-4-6-14(7-5-12)21-9-8-15(16(19)20)11-2-1-3-13(18)10-11/h1-7,10,15H,8-9H2,(H,19,20). The molecule has 0 aliphatic heterocycles. The molecule has 3 nitrogen and oxygen atoms in total. The fraction of sp³-hybridized carbons (Fsp3) is 0.188. The van der Waals surface area contributed by atoms with Gasteiger partial charge >= 0.3 is 5.97 Å². The average Bonchev–Trinajstić information content (AvgIpc) is 2.45. The number of aliphatic carboxylic acids is 1. The minimum atomic E-state index is -0.878. The molecule has 2 aromatic carbocycles. The van der Waals surface area contributed by atoms with Crippen LogP contribution in [-0.2, 0) is 4.79 Å². The molecule has 1 unspecified atom stereocenters. The third-order valence-corrected chi connectivity index (χ3v) is 3.80. The van der Waals surface area contributed by atoms with E-state index < -0.39 is 11.9 Å². The van der Waals surface area contributed by atoms with Gasteiger partial charge in [-0.05, 0) is 48.4 Å². The maximum atomic E-state index is 11.4. The number of carbonyl (C=O) groups is 1. The van der Waals surface area contributed by atoms with Gasteiger partial charge in [0.05, 0.1) is 12.5 Å². The zero-order chi connectivity index (χ0) is 15.2. The number of hydrogen-bond acceptors (Lipinski definition) is 2. The summed E-state index contributed by atoms with van der Waals surface area (Å²) in [7, 11) is 0. The van der Waals surface area contributed by atoms with Crippen LogP contribution in [0.5, 0.6) is 5.75 Å². The smallest absolute Gasteiger partial charge is 0.311 e. The van der Waals surface area contributed by atoms with Crippen LogP contribution >= 0.6 is 27.5 Å². The highest BCUT2D eigenvalue weighted by Crippen LogP contribution is 2.24. The lowest BCUT2D eigenvalue weighted by molar-refractivity contribution is -0.139. The van der Waals surface area contributed by atoms with E-state index in [-0.39, 0.29) is 0 Å². The minimum absolute atomic E-state index is 0.325. The Labute approximate surface area is 136 Å². The van der Waals surface area contributed by atoms with Gasteiger partial charge in [0.15, 0.2) is 0 Å². The molecule has 0 saturated heterocycles. The number of benzene rings is 2. The summed E-state index contributed by atoms with van der Waals surface area (Å²) in [6.45, 7) is 0.325. The molecule has 0 spiro atoms. The van der Waals surface area contributed by atoms with Gasteiger partial charge in [-0.3, -0.25) is 4.79 Å². The predicted octanol–water partition coefficient (Wildman–Crippen LogP) is 4.74. The quantitative estimate of drug-likeness (QED) is 0.800. The normalized spacial score (nSPS) is 11.9. The Balaban J connectivity index is 1.98. The molecule has 0 fully saturated rings. The number of carboxylic acid groups (broad SMARTS) is 1. The van der Waals surface area contributed by atoms with Gasteiger partial charge in [-0.15, -0.1) is 0 Å². The van der Waals surface area contributed by atoms with Gasteiger partial charge in [0.25, 0.3) is 0 Å². The summed E-state index contributed by atoms with van der Waals surface area (Å²) in [5.74, 6) is -0.788. The van der Waals surface area contributed by atoms with E-state index in [1.807, 2.05) is 24.3 Å². The van der Waals surface area contributed by atoms with Gasteiger partial charge < -0.3 is 9.84 Å². The van der Waals surface area contributed by atoms with Crippen molar-refractivity contribution in [1.29, 1.82) is 0 Å². The molecule has 0 amide bonds. The fourth-order valence-corrected chi connectivity index (χ4v) is 2.44. The third-order valence-electron chi connectivity index (χ3n) is 3.04. The van der Waals surface area contributed by atoms with E-state index in [1.165, 1.54) is 0 Å². The fourth-order valence-electron chi connectivity index (χ4n) is 1.98. The second-order valence-corrected chi connectivity index (χ2v) is 5.89. The number of rotatable bonds is 6. The molecular weight excluding hydrogens is 356 g/mol. The van der Waals surface area contributed by atoms with Gasteiger partial charge in [0.1, 0.15) is 5.75 Å². The Morgan fingerprint density at radius 3 is 2.57 bits per heavy atom. The third kappa shape index (κ3) is 4.76. The van der Waals surface area contributed by atoms with Crippen molar-refractivity contribution in [1.82, 2.24) is 0 Å². The van der Waals surface area contributed by atoms with E-state index in [0.717, 1.165) is 4.47 Å². The molecule has 1 atom stereocenters. The summed E-state index contributed by atoms with van der Waals surface area (Å²) in [5.41, 5.74) is 0.689. The van der Waals surface area contributed by atoms with Crippen molar-refractivity contribution in [3.8, 4) is 5.75 Å².